The molecule has 0 aliphatic heterocycles. The third-order valence-corrected chi connectivity index (χ3v) is 4.73. The molecule has 34 heavy (non-hydrogen) atoms. The van der Waals surface area contributed by atoms with Crippen molar-refractivity contribution in [2.45, 2.75) is 0 Å². The molecular weight excluding hydrogens is 439 g/mol. The molecular formula is C24H19FN6O3. The maximum absolute atomic E-state index is 13.8. The molecule has 0 spiro atoms. The molecule has 2 amide bonds. The number of carbonyl (C=O) groups is 2. The van der Waals surface area contributed by atoms with Gasteiger partial charge in [-0.15, -0.1) is 0 Å². The van der Waals surface area contributed by atoms with Crippen molar-refractivity contribution in [2.75, 3.05) is 12.4 Å². The van der Waals surface area contributed by atoms with Crippen molar-refractivity contribution in [3.8, 4) is 17.0 Å². The number of methoxy groups -OCH3 is 1. The topological polar surface area (TPSA) is 118 Å². The second kappa shape index (κ2) is 10.2. The molecule has 0 saturated heterocycles. The standard InChI is InChI=1S/C24H19FN6O3/c1-34-21-9-8-15(22(32)30-31-23(33)17-6-2-3-7-18(17)25)13-20(21)29-24-27-12-10-19(28-24)16-5-4-11-26-14-16/h2-14H,1H3,(H,30,32)(H,31,33)(H,27,28,29). The van der Waals surface area contributed by atoms with Crippen LogP contribution in [0.1, 0.15) is 20.7 Å². The lowest BCUT2D eigenvalue weighted by Gasteiger charge is -2.13. The Hall–Kier alpha value is -4.86. The number of pyridine rings is 1. The molecule has 4 rings (SSSR count). The van der Waals surface area contributed by atoms with Crippen LogP contribution in [-0.2, 0) is 0 Å². The maximum atomic E-state index is 13.8. The normalized spacial score (nSPS) is 10.3. The van der Waals surface area contributed by atoms with Gasteiger partial charge in [0.2, 0.25) is 5.95 Å². The van der Waals surface area contributed by atoms with Gasteiger partial charge < -0.3 is 10.1 Å². The van der Waals surface area contributed by atoms with E-state index in [0.29, 0.717) is 17.1 Å². The Bertz CT molecular complexity index is 1330. The van der Waals surface area contributed by atoms with Crippen molar-refractivity contribution >= 4 is 23.5 Å². The molecule has 10 heteroatoms. The number of hydrazine groups is 1. The Labute approximate surface area is 194 Å². The molecule has 4 aromatic rings. The molecule has 170 valence electrons. The van der Waals surface area contributed by atoms with Crippen LogP contribution < -0.4 is 20.9 Å². The summed E-state index contributed by atoms with van der Waals surface area (Å²) in [5.74, 6) is -1.36. The van der Waals surface area contributed by atoms with E-state index in [2.05, 4.69) is 31.1 Å². The summed E-state index contributed by atoms with van der Waals surface area (Å²) in [5.41, 5.74) is 6.40. The molecule has 0 saturated carbocycles. The summed E-state index contributed by atoms with van der Waals surface area (Å²) in [4.78, 5) is 37.5. The summed E-state index contributed by atoms with van der Waals surface area (Å²) in [7, 11) is 1.49. The zero-order chi connectivity index (χ0) is 23.9. The SMILES string of the molecule is COc1ccc(C(=O)NNC(=O)c2ccccc2F)cc1Nc1nccc(-c2cccnc2)n1. The molecule has 0 atom stereocenters. The Balaban J connectivity index is 1.50. The largest absolute Gasteiger partial charge is 0.495 e. The number of hydrogen-bond acceptors (Lipinski definition) is 7. The zero-order valence-corrected chi connectivity index (χ0v) is 17.9. The predicted molar refractivity (Wildman–Crippen MR) is 123 cm³/mol. The van der Waals surface area contributed by atoms with E-state index in [1.54, 1.807) is 36.8 Å². The summed E-state index contributed by atoms with van der Waals surface area (Å²) in [5, 5.41) is 3.04. The van der Waals surface area contributed by atoms with Gasteiger partial charge in [0, 0.05) is 29.7 Å². The van der Waals surface area contributed by atoms with Gasteiger partial charge in [0.05, 0.1) is 24.1 Å². The second-order valence-corrected chi connectivity index (χ2v) is 6.94. The minimum absolute atomic E-state index is 0.189. The third kappa shape index (κ3) is 5.13. The van der Waals surface area contributed by atoms with Crippen molar-refractivity contribution in [3.05, 3.63) is 96.2 Å². The Kier molecular flexibility index (Phi) is 6.68. The number of carbonyl (C=O) groups excluding carboxylic acids is 2. The Morgan fingerprint density at radius 1 is 0.941 bits per heavy atom. The fourth-order valence-corrected chi connectivity index (χ4v) is 3.06. The van der Waals surface area contributed by atoms with Gasteiger partial charge in [0.1, 0.15) is 11.6 Å². The van der Waals surface area contributed by atoms with Crippen molar-refractivity contribution in [1.29, 1.82) is 0 Å². The summed E-state index contributed by atoms with van der Waals surface area (Å²) in [6.45, 7) is 0. The van der Waals surface area contributed by atoms with Crippen LogP contribution in [0.2, 0.25) is 0 Å². The minimum Gasteiger partial charge on any atom is -0.495 e. The van der Waals surface area contributed by atoms with E-state index >= 15 is 0 Å². The molecule has 0 aliphatic carbocycles. The van der Waals surface area contributed by atoms with Crippen LogP contribution in [0.3, 0.4) is 0 Å². The number of nitrogens with one attached hydrogen (secondary N) is 3. The lowest BCUT2D eigenvalue weighted by atomic mass is 10.1. The van der Waals surface area contributed by atoms with Crippen LogP contribution in [0.15, 0.2) is 79.3 Å². The van der Waals surface area contributed by atoms with Crippen LogP contribution in [0.25, 0.3) is 11.3 Å². The maximum Gasteiger partial charge on any atom is 0.272 e. The van der Waals surface area contributed by atoms with E-state index in [1.807, 2.05) is 6.07 Å². The number of hydrogen-bond donors (Lipinski definition) is 3. The molecule has 0 radical (unpaired) electrons. The molecule has 2 heterocycles. The van der Waals surface area contributed by atoms with E-state index in [0.717, 1.165) is 11.6 Å². The number of benzene rings is 2. The first-order valence-electron chi connectivity index (χ1n) is 10.1. The van der Waals surface area contributed by atoms with E-state index in [9.17, 15) is 14.0 Å². The highest BCUT2D eigenvalue weighted by atomic mass is 19.1. The minimum atomic E-state index is -0.779. The van der Waals surface area contributed by atoms with Crippen molar-refractivity contribution in [1.82, 2.24) is 25.8 Å². The quantitative estimate of drug-likeness (QED) is 0.379. The summed E-state index contributed by atoms with van der Waals surface area (Å²) >= 11 is 0. The smallest absolute Gasteiger partial charge is 0.272 e. The van der Waals surface area contributed by atoms with Crippen molar-refractivity contribution < 1.29 is 18.7 Å². The number of rotatable bonds is 6. The molecule has 3 N–H and O–H groups in total. The third-order valence-electron chi connectivity index (χ3n) is 4.73. The van der Waals surface area contributed by atoms with Gasteiger partial charge in [-0.1, -0.05) is 12.1 Å². The van der Waals surface area contributed by atoms with Crippen LogP contribution in [0.5, 0.6) is 5.75 Å². The van der Waals surface area contributed by atoms with Gasteiger partial charge in [-0.3, -0.25) is 25.4 Å². The van der Waals surface area contributed by atoms with E-state index in [-0.39, 0.29) is 17.1 Å². The highest BCUT2D eigenvalue weighted by molar-refractivity contribution is 5.99. The lowest BCUT2D eigenvalue weighted by molar-refractivity contribution is 0.0844. The van der Waals surface area contributed by atoms with Crippen LogP contribution in [0, 0.1) is 5.82 Å². The van der Waals surface area contributed by atoms with Crippen molar-refractivity contribution in [2.24, 2.45) is 0 Å². The lowest BCUT2D eigenvalue weighted by Crippen LogP contribution is -2.41. The molecule has 2 aromatic carbocycles. The zero-order valence-electron chi connectivity index (χ0n) is 17.9. The molecule has 2 aromatic heterocycles. The highest BCUT2D eigenvalue weighted by Crippen LogP contribution is 2.28. The molecule has 0 aliphatic rings. The fraction of sp³-hybridized carbons (Fsp3) is 0.0417. The second-order valence-electron chi connectivity index (χ2n) is 6.94. The Morgan fingerprint density at radius 2 is 1.76 bits per heavy atom. The predicted octanol–water partition coefficient (Wildman–Crippen LogP) is 3.50. The summed E-state index contributed by atoms with van der Waals surface area (Å²) in [6, 6.07) is 15.5. The van der Waals surface area contributed by atoms with Gasteiger partial charge >= 0.3 is 0 Å². The Morgan fingerprint density at radius 3 is 2.53 bits per heavy atom. The first-order chi connectivity index (χ1) is 16.5. The number of nitrogens with zero attached hydrogens (tertiary/aromatic N) is 3. The number of ether oxygens (including phenoxy) is 1. The van der Waals surface area contributed by atoms with Gasteiger partial charge in [-0.05, 0) is 48.5 Å². The van der Waals surface area contributed by atoms with Crippen LogP contribution in [-0.4, -0.2) is 33.9 Å². The van der Waals surface area contributed by atoms with Gasteiger partial charge in [0.15, 0.2) is 0 Å². The van der Waals surface area contributed by atoms with Gasteiger partial charge in [0.25, 0.3) is 11.8 Å². The average Bonchev–Trinajstić information content (AvgIpc) is 2.88. The first-order valence-corrected chi connectivity index (χ1v) is 10.1. The van der Waals surface area contributed by atoms with Crippen molar-refractivity contribution in [3.63, 3.8) is 0 Å². The van der Waals surface area contributed by atoms with E-state index in [4.69, 9.17) is 4.74 Å². The molecule has 0 bridgehead atoms. The molecule has 9 nitrogen and oxygen atoms in total. The van der Waals surface area contributed by atoms with Crippen LogP contribution >= 0.6 is 0 Å². The van der Waals surface area contributed by atoms with E-state index in [1.165, 1.54) is 37.4 Å². The first kappa shape index (κ1) is 22.3. The monoisotopic (exact) mass is 458 g/mol. The highest BCUT2D eigenvalue weighted by Gasteiger charge is 2.15. The number of halogens is 1. The van der Waals surface area contributed by atoms with Gasteiger partial charge in [-0.2, -0.15) is 0 Å². The van der Waals surface area contributed by atoms with Crippen LogP contribution in [0.4, 0.5) is 16.0 Å². The summed E-state index contributed by atoms with van der Waals surface area (Å²) in [6.07, 6.45) is 4.95. The molecule has 0 unspecified atom stereocenters. The molecule has 0 fully saturated rings. The number of amides is 2. The number of aromatic nitrogens is 3. The summed E-state index contributed by atoms with van der Waals surface area (Å²) < 4.78 is 19.1. The number of anilines is 2. The average molecular weight is 458 g/mol. The van der Waals surface area contributed by atoms with E-state index < -0.39 is 17.6 Å². The van der Waals surface area contributed by atoms with Gasteiger partial charge in [-0.25, -0.2) is 14.4 Å². The fourth-order valence-electron chi connectivity index (χ4n) is 3.06.